The lowest BCUT2D eigenvalue weighted by atomic mass is 10.1. The van der Waals surface area contributed by atoms with Crippen LogP contribution in [-0.2, 0) is 16.0 Å². The highest BCUT2D eigenvalue weighted by atomic mass is 35.5. The van der Waals surface area contributed by atoms with Crippen molar-refractivity contribution in [3.05, 3.63) is 22.7 Å². The van der Waals surface area contributed by atoms with E-state index in [1.165, 1.54) is 0 Å². The molecule has 0 saturated heterocycles. The number of fused-ring (bicyclic) bond motifs is 1. The summed E-state index contributed by atoms with van der Waals surface area (Å²) >= 11 is 6.14. The van der Waals surface area contributed by atoms with Gasteiger partial charge in [0.25, 0.3) is 0 Å². The second kappa shape index (κ2) is 5.07. The largest absolute Gasteiger partial charge is 0.328 e. The van der Waals surface area contributed by atoms with Crippen molar-refractivity contribution in [2.24, 2.45) is 11.7 Å². The molecule has 1 aromatic carbocycles. The lowest BCUT2D eigenvalue weighted by molar-refractivity contribution is -0.119. The van der Waals surface area contributed by atoms with Gasteiger partial charge in [0.1, 0.15) is 0 Å². The first-order chi connectivity index (χ1) is 9.52. The molecule has 1 aliphatic heterocycles. The summed E-state index contributed by atoms with van der Waals surface area (Å²) in [7, 11) is 0. The number of anilines is 2. The molecular formula is C14H16ClN3O2. The average molecular weight is 294 g/mol. The van der Waals surface area contributed by atoms with Gasteiger partial charge < -0.3 is 16.4 Å². The summed E-state index contributed by atoms with van der Waals surface area (Å²) < 4.78 is 0. The van der Waals surface area contributed by atoms with E-state index in [0.29, 0.717) is 23.6 Å². The van der Waals surface area contributed by atoms with Gasteiger partial charge in [-0.3, -0.25) is 9.59 Å². The van der Waals surface area contributed by atoms with E-state index >= 15 is 0 Å². The maximum Gasteiger partial charge on any atom is 0.228 e. The predicted molar refractivity (Wildman–Crippen MR) is 77.7 cm³/mol. The smallest absolute Gasteiger partial charge is 0.228 e. The van der Waals surface area contributed by atoms with Crippen molar-refractivity contribution in [2.45, 2.75) is 31.7 Å². The molecular weight excluding hydrogens is 278 g/mol. The van der Waals surface area contributed by atoms with Crippen LogP contribution >= 0.6 is 11.6 Å². The van der Waals surface area contributed by atoms with E-state index in [1.54, 1.807) is 12.1 Å². The Labute approximate surface area is 121 Å². The Bertz CT molecular complexity index is 588. The maximum absolute atomic E-state index is 12.2. The molecule has 20 heavy (non-hydrogen) atoms. The van der Waals surface area contributed by atoms with Crippen molar-refractivity contribution in [1.29, 1.82) is 0 Å². The number of nitrogens with one attached hydrogen (secondary N) is 2. The van der Waals surface area contributed by atoms with E-state index in [0.717, 1.165) is 24.1 Å². The van der Waals surface area contributed by atoms with Crippen molar-refractivity contribution in [3.8, 4) is 0 Å². The number of hydrogen-bond acceptors (Lipinski definition) is 3. The van der Waals surface area contributed by atoms with E-state index in [1.807, 2.05) is 0 Å². The van der Waals surface area contributed by atoms with Gasteiger partial charge in [-0.1, -0.05) is 11.6 Å². The third-order valence-corrected chi connectivity index (χ3v) is 4.23. The van der Waals surface area contributed by atoms with Crippen LogP contribution in [0.3, 0.4) is 0 Å². The summed E-state index contributed by atoms with van der Waals surface area (Å²) in [4.78, 5) is 23.5. The molecule has 2 atom stereocenters. The van der Waals surface area contributed by atoms with Crippen LogP contribution in [0.1, 0.15) is 24.8 Å². The summed E-state index contributed by atoms with van der Waals surface area (Å²) in [5, 5.41) is 6.01. The Balaban J connectivity index is 1.76. The Morgan fingerprint density at radius 1 is 1.40 bits per heavy atom. The number of amides is 2. The molecule has 4 N–H and O–H groups in total. The zero-order valence-electron chi connectivity index (χ0n) is 10.9. The minimum Gasteiger partial charge on any atom is -0.328 e. The fraction of sp³-hybridized carbons (Fsp3) is 0.429. The van der Waals surface area contributed by atoms with Crippen LogP contribution < -0.4 is 16.4 Å². The Hall–Kier alpha value is -1.59. The molecule has 1 aromatic rings. The first-order valence-electron chi connectivity index (χ1n) is 6.71. The molecule has 0 spiro atoms. The standard InChI is InChI=1S/C14H16ClN3O2/c15-10-6-11-8(5-13(19)17-11)4-12(10)18-14(20)7-1-2-9(16)3-7/h4,6-7,9H,1-3,5,16H2,(H,17,19)(H,18,20). The highest BCUT2D eigenvalue weighted by Crippen LogP contribution is 2.34. The van der Waals surface area contributed by atoms with Gasteiger partial charge in [0.15, 0.2) is 0 Å². The molecule has 0 bridgehead atoms. The van der Waals surface area contributed by atoms with Gasteiger partial charge >= 0.3 is 0 Å². The molecule has 0 radical (unpaired) electrons. The summed E-state index contributed by atoms with van der Waals surface area (Å²) in [6.45, 7) is 0. The quantitative estimate of drug-likeness (QED) is 0.778. The molecule has 1 heterocycles. The van der Waals surface area contributed by atoms with Gasteiger partial charge in [0.05, 0.1) is 17.1 Å². The molecule has 6 heteroatoms. The monoisotopic (exact) mass is 293 g/mol. The zero-order chi connectivity index (χ0) is 14.3. The highest BCUT2D eigenvalue weighted by molar-refractivity contribution is 6.34. The number of rotatable bonds is 2. The van der Waals surface area contributed by atoms with Gasteiger partial charge in [0, 0.05) is 17.6 Å². The first kappa shape index (κ1) is 13.4. The summed E-state index contributed by atoms with van der Waals surface area (Å²) in [6, 6.07) is 3.56. The molecule has 2 aliphatic rings. The van der Waals surface area contributed by atoms with Crippen LogP contribution in [0.5, 0.6) is 0 Å². The maximum atomic E-state index is 12.2. The van der Waals surface area contributed by atoms with Gasteiger partial charge in [-0.25, -0.2) is 0 Å². The minimum atomic E-state index is -0.0543. The Morgan fingerprint density at radius 3 is 2.90 bits per heavy atom. The van der Waals surface area contributed by atoms with Gasteiger partial charge in [-0.2, -0.15) is 0 Å². The molecule has 1 fully saturated rings. The Morgan fingerprint density at radius 2 is 2.20 bits per heavy atom. The van der Waals surface area contributed by atoms with Crippen LogP contribution in [0.2, 0.25) is 5.02 Å². The van der Waals surface area contributed by atoms with Crippen LogP contribution in [0.15, 0.2) is 12.1 Å². The van der Waals surface area contributed by atoms with Crippen LogP contribution in [0.25, 0.3) is 0 Å². The van der Waals surface area contributed by atoms with Crippen LogP contribution in [-0.4, -0.2) is 17.9 Å². The zero-order valence-corrected chi connectivity index (χ0v) is 11.7. The molecule has 2 amide bonds. The van der Waals surface area contributed by atoms with Crippen molar-refractivity contribution in [1.82, 2.24) is 0 Å². The van der Waals surface area contributed by atoms with Crippen molar-refractivity contribution in [3.63, 3.8) is 0 Å². The second-order valence-corrected chi connectivity index (χ2v) is 5.88. The third-order valence-electron chi connectivity index (χ3n) is 3.92. The van der Waals surface area contributed by atoms with E-state index in [-0.39, 0.29) is 23.8 Å². The van der Waals surface area contributed by atoms with E-state index in [2.05, 4.69) is 10.6 Å². The Kier molecular flexibility index (Phi) is 3.40. The summed E-state index contributed by atoms with van der Waals surface area (Å²) in [6.07, 6.45) is 2.74. The van der Waals surface area contributed by atoms with E-state index in [9.17, 15) is 9.59 Å². The number of hydrogen-bond donors (Lipinski definition) is 3. The highest BCUT2D eigenvalue weighted by Gasteiger charge is 2.28. The SMILES string of the molecule is NC1CCC(C(=O)Nc2cc3c(cc2Cl)NC(=O)C3)C1. The number of carbonyl (C=O) groups excluding carboxylic acids is 2. The van der Waals surface area contributed by atoms with Crippen molar-refractivity contribution in [2.75, 3.05) is 10.6 Å². The normalized spacial score (nSPS) is 24.4. The third kappa shape index (κ3) is 2.51. The van der Waals surface area contributed by atoms with E-state index < -0.39 is 0 Å². The molecule has 3 rings (SSSR count). The second-order valence-electron chi connectivity index (χ2n) is 5.47. The van der Waals surface area contributed by atoms with E-state index in [4.69, 9.17) is 17.3 Å². The lowest BCUT2D eigenvalue weighted by Crippen LogP contribution is -2.23. The molecule has 2 unspecified atom stereocenters. The molecule has 5 nitrogen and oxygen atoms in total. The van der Waals surface area contributed by atoms with Crippen LogP contribution in [0.4, 0.5) is 11.4 Å². The van der Waals surface area contributed by atoms with Gasteiger partial charge in [0.2, 0.25) is 11.8 Å². The van der Waals surface area contributed by atoms with Gasteiger partial charge in [-0.15, -0.1) is 0 Å². The average Bonchev–Trinajstić information content (AvgIpc) is 2.95. The van der Waals surface area contributed by atoms with Crippen LogP contribution in [0, 0.1) is 5.92 Å². The summed E-state index contributed by atoms with van der Waals surface area (Å²) in [5.74, 6) is -0.146. The van der Waals surface area contributed by atoms with Crippen molar-refractivity contribution >= 4 is 34.8 Å². The molecule has 0 aromatic heterocycles. The first-order valence-corrected chi connectivity index (χ1v) is 7.09. The van der Waals surface area contributed by atoms with Gasteiger partial charge in [-0.05, 0) is 37.0 Å². The van der Waals surface area contributed by atoms with Crippen molar-refractivity contribution < 1.29 is 9.59 Å². The number of benzene rings is 1. The number of nitrogens with two attached hydrogens (primary N) is 1. The molecule has 106 valence electrons. The predicted octanol–water partition coefficient (Wildman–Crippen LogP) is 1.90. The summed E-state index contributed by atoms with van der Waals surface area (Å²) in [5.41, 5.74) is 7.97. The lowest BCUT2D eigenvalue weighted by Gasteiger charge is -2.13. The molecule has 1 aliphatic carbocycles. The topological polar surface area (TPSA) is 84.2 Å². The fourth-order valence-corrected chi connectivity index (χ4v) is 3.04. The number of carbonyl (C=O) groups is 2. The fourth-order valence-electron chi connectivity index (χ4n) is 2.83. The minimum absolute atomic E-state index is 0.0444. The number of halogens is 1. The molecule has 1 saturated carbocycles.